The van der Waals surface area contributed by atoms with Gasteiger partial charge in [0, 0.05) is 0 Å². The predicted molar refractivity (Wildman–Crippen MR) is 64.7 cm³/mol. The molecule has 0 aliphatic carbocycles. The predicted octanol–water partition coefficient (Wildman–Crippen LogP) is 3.86. The van der Waals surface area contributed by atoms with Gasteiger partial charge in [0.25, 0.3) is 0 Å². The molecule has 0 radical (unpaired) electrons. The maximum Gasteiger partial charge on any atom is 0.0824 e. The van der Waals surface area contributed by atoms with Crippen LogP contribution in [0.1, 0.15) is 44.3 Å². The zero-order chi connectivity index (χ0) is 10.9. The first-order chi connectivity index (χ1) is 7.34. The van der Waals surface area contributed by atoms with Crippen LogP contribution in [0.4, 0.5) is 0 Å². The van der Waals surface area contributed by atoms with Crippen molar-refractivity contribution in [3.63, 3.8) is 0 Å². The van der Waals surface area contributed by atoms with E-state index in [4.69, 9.17) is 0 Å². The largest absolute Gasteiger partial charge is 0.388 e. The third-order valence-corrected chi connectivity index (χ3v) is 2.43. The van der Waals surface area contributed by atoms with Crippen molar-refractivity contribution in [2.24, 2.45) is 0 Å². The highest BCUT2D eigenvalue weighted by Crippen LogP contribution is 2.16. The second kappa shape index (κ2) is 7.24. The lowest BCUT2D eigenvalue weighted by atomic mass is 10.1. The Hall–Kier alpha value is -1.08. The van der Waals surface area contributed by atoms with Gasteiger partial charge in [0.05, 0.1) is 6.10 Å². The quantitative estimate of drug-likeness (QED) is 0.551. The van der Waals surface area contributed by atoms with Crippen LogP contribution in [0.2, 0.25) is 0 Å². The third kappa shape index (κ3) is 4.80. The average molecular weight is 204 g/mol. The van der Waals surface area contributed by atoms with Crippen molar-refractivity contribution >= 4 is 0 Å². The van der Waals surface area contributed by atoms with Crippen LogP contribution in [0, 0.1) is 0 Å². The fourth-order valence-corrected chi connectivity index (χ4v) is 1.48. The Labute approximate surface area is 92.5 Å². The molecule has 1 N–H and O–H groups in total. The summed E-state index contributed by atoms with van der Waals surface area (Å²) < 4.78 is 0. The summed E-state index contributed by atoms with van der Waals surface area (Å²) in [6.07, 6.45) is 8.18. The van der Waals surface area contributed by atoms with Crippen molar-refractivity contribution < 1.29 is 5.11 Å². The standard InChI is InChI=1S/C14H20O/c1-2-3-4-5-9-12-14(15)13-10-7-6-8-11-13/h5-11,14-15H,2-4,12H2,1H3/b9-5+/t14-/m0/s1. The number of hydrogen-bond donors (Lipinski definition) is 1. The van der Waals surface area contributed by atoms with Crippen LogP contribution in [0.25, 0.3) is 0 Å². The number of rotatable bonds is 6. The van der Waals surface area contributed by atoms with E-state index >= 15 is 0 Å². The smallest absolute Gasteiger partial charge is 0.0824 e. The number of unbranched alkanes of at least 4 members (excludes halogenated alkanes) is 2. The van der Waals surface area contributed by atoms with Crippen molar-refractivity contribution in [3.8, 4) is 0 Å². The van der Waals surface area contributed by atoms with Gasteiger partial charge in [0.2, 0.25) is 0 Å². The molecule has 0 spiro atoms. The molecule has 1 nitrogen and oxygen atoms in total. The highest BCUT2D eigenvalue weighted by atomic mass is 16.3. The molecule has 0 unspecified atom stereocenters. The zero-order valence-electron chi connectivity index (χ0n) is 9.39. The number of hydrogen-bond acceptors (Lipinski definition) is 1. The summed E-state index contributed by atoms with van der Waals surface area (Å²) in [5, 5.41) is 9.83. The fraction of sp³-hybridized carbons (Fsp3) is 0.429. The van der Waals surface area contributed by atoms with Gasteiger partial charge in [-0.25, -0.2) is 0 Å². The molecule has 1 rings (SSSR count). The summed E-state index contributed by atoms with van der Waals surface area (Å²) in [6, 6.07) is 9.81. The second-order valence-corrected chi connectivity index (χ2v) is 3.78. The van der Waals surface area contributed by atoms with Gasteiger partial charge < -0.3 is 5.11 Å². The Bertz CT molecular complexity index is 277. The molecule has 0 bridgehead atoms. The molecule has 0 aromatic heterocycles. The number of benzene rings is 1. The van der Waals surface area contributed by atoms with E-state index in [2.05, 4.69) is 19.1 Å². The van der Waals surface area contributed by atoms with Gasteiger partial charge in [-0.05, 0) is 18.4 Å². The van der Waals surface area contributed by atoms with Crippen LogP contribution in [0.3, 0.4) is 0 Å². The van der Waals surface area contributed by atoms with E-state index in [1.807, 2.05) is 30.3 Å². The zero-order valence-corrected chi connectivity index (χ0v) is 9.39. The number of aliphatic hydroxyl groups is 1. The summed E-state index contributed by atoms with van der Waals surface area (Å²) >= 11 is 0. The second-order valence-electron chi connectivity index (χ2n) is 3.78. The summed E-state index contributed by atoms with van der Waals surface area (Å²) in [5.74, 6) is 0. The van der Waals surface area contributed by atoms with Crippen molar-refractivity contribution in [2.75, 3.05) is 0 Å². The van der Waals surface area contributed by atoms with Crippen LogP contribution in [-0.2, 0) is 0 Å². The molecule has 0 amide bonds. The monoisotopic (exact) mass is 204 g/mol. The Morgan fingerprint density at radius 2 is 1.93 bits per heavy atom. The van der Waals surface area contributed by atoms with Gasteiger partial charge in [0.1, 0.15) is 0 Å². The third-order valence-electron chi connectivity index (χ3n) is 2.43. The molecule has 15 heavy (non-hydrogen) atoms. The molecular weight excluding hydrogens is 184 g/mol. The van der Waals surface area contributed by atoms with Gasteiger partial charge >= 0.3 is 0 Å². The molecule has 1 aromatic carbocycles. The van der Waals surface area contributed by atoms with E-state index in [1.165, 1.54) is 12.8 Å². The summed E-state index contributed by atoms with van der Waals surface area (Å²) in [5.41, 5.74) is 0.998. The summed E-state index contributed by atoms with van der Waals surface area (Å²) in [6.45, 7) is 2.19. The lowest BCUT2D eigenvalue weighted by molar-refractivity contribution is 0.181. The molecule has 0 saturated heterocycles. The fourth-order valence-electron chi connectivity index (χ4n) is 1.48. The highest BCUT2D eigenvalue weighted by Gasteiger charge is 2.02. The summed E-state index contributed by atoms with van der Waals surface area (Å²) in [7, 11) is 0. The van der Waals surface area contributed by atoms with Gasteiger partial charge in [0.15, 0.2) is 0 Å². The molecule has 0 fully saturated rings. The first-order valence-electron chi connectivity index (χ1n) is 5.72. The lowest BCUT2D eigenvalue weighted by Crippen LogP contribution is -1.94. The lowest BCUT2D eigenvalue weighted by Gasteiger charge is -2.07. The van der Waals surface area contributed by atoms with Gasteiger partial charge in [-0.15, -0.1) is 0 Å². The van der Waals surface area contributed by atoms with Gasteiger partial charge in [-0.2, -0.15) is 0 Å². The van der Waals surface area contributed by atoms with Crippen LogP contribution >= 0.6 is 0 Å². The Morgan fingerprint density at radius 3 is 2.60 bits per heavy atom. The van der Waals surface area contributed by atoms with E-state index in [0.29, 0.717) is 6.42 Å². The van der Waals surface area contributed by atoms with Crippen LogP contribution in [-0.4, -0.2) is 5.11 Å². The number of aliphatic hydroxyl groups excluding tert-OH is 1. The SMILES string of the molecule is CCCC/C=C/C[C@H](O)c1ccccc1. The average Bonchev–Trinajstić information content (AvgIpc) is 2.30. The molecular formula is C14H20O. The number of allylic oxidation sites excluding steroid dienone is 1. The van der Waals surface area contributed by atoms with Crippen LogP contribution in [0.15, 0.2) is 42.5 Å². The highest BCUT2D eigenvalue weighted by molar-refractivity contribution is 5.17. The maximum absolute atomic E-state index is 9.83. The Balaban J connectivity index is 2.30. The van der Waals surface area contributed by atoms with Gasteiger partial charge in [-0.1, -0.05) is 62.2 Å². The topological polar surface area (TPSA) is 20.2 Å². The van der Waals surface area contributed by atoms with E-state index in [0.717, 1.165) is 12.0 Å². The van der Waals surface area contributed by atoms with E-state index in [1.54, 1.807) is 0 Å². The van der Waals surface area contributed by atoms with Crippen LogP contribution < -0.4 is 0 Å². The summed E-state index contributed by atoms with van der Waals surface area (Å²) in [4.78, 5) is 0. The molecule has 1 atom stereocenters. The van der Waals surface area contributed by atoms with Crippen molar-refractivity contribution in [2.45, 2.75) is 38.7 Å². The molecule has 0 saturated carbocycles. The van der Waals surface area contributed by atoms with Crippen molar-refractivity contribution in [1.82, 2.24) is 0 Å². The van der Waals surface area contributed by atoms with E-state index in [9.17, 15) is 5.11 Å². The van der Waals surface area contributed by atoms with Crippen molar-refractivity contribution in [1.29, 1.82) is 0 Å². The van der Waals surface area contributed by atoms with E-state index in [-0.39, 0.29) is 6.10 Å². The Kier molecular flexibility index (Phi) is 5.79. The molecule has 0 aliphatic rings. The van der Waals surface area contributed by atoms with E-state index < -0.39 is 0 Å². The minimum atomic E-state index is -0.357. The van der Waals surface area contributed by atoms with Crippen molar-refractivity contribution in [3.05, 3.63) is 48.0 Å². The molecule has 82 valence electrons. The molecule has 0 heterocycles. The Morgan fingerprint density at radius 1 is 1.20 bits per heavy atom. The molecule has 0 aliphatic heterocycles. The molecule has 1 aromatic rings. The molecule has 1 heteroatoms. The minimum absolute atomic E-state index is 0.357. The normalized spacial score (nSPS) is 13.2. The minimum Gasteiger partial charge on any atom is -0.388 e. The van der Waals surface area contributed by atoms with Crippen LogP contribution in [0.5, 0.6) is 0 Å². The van der Waals surface area contributed by atoms with Gasteiger partial charge in [-0.3, -0.25) is 0 Å². The first kappa shape index (κ1) is 12.0. The maximum atomic E-state index is 9.83. The first-order valence-corrected chi connectivity index (χ1v) is 5.72.